The summed E-state index contributed by atoms with van der Waals surface area (Å²) < 4.78 is 44.8. The highest BCUT2D eigenvalue weighted by atomic mass is 19.4. The second-order valence-corrected chi connectivity index (χ2v) is 10.4. The molecule has 1 aliphatic heterocycles. The molecule has 0 bridgehead atoms. The molecule has 10 heteroatoms. The number of anilines is 2. The number of aromatic nitrogens is 2. The van der Waals surface area contributed by atoms with E-state index in [0.717, 1.165) is 69.4 Å². The number of pyridine rings is 1. The number of piperidine rings is 1. The predicted octanol–water partition coefficient (Wildman–Crippen LogP) is 6.13. The molecule has 3 heterocycles. The van der Waals surface area contributed by atoms with Gasteiger partial charge in [0, 0.05) is 36.5 Å². The number of nitrogens with zero attached hydrogens (tertiary/aromatic N) is 3. The van der Waals surface area contributed by atoms with Crippen molar-refractivity contribution in [1.29, 1.82) is 0 Å². The maximum atomic E-state index is 12.9. The van der Waals surface area contributed by atoms with Crippen molar-refractivity contribution in [3.63, 3.8) is 0 Å². The Labute approximate surface area is 219 Å². The van der Waals surface area contributed by atoms with Gasteiger partial charge in [0.15, 0.2) is 5.76 Å². The molecule has 1 saturated carbocycles. The molecule has 0 unspecified atom stereocenters. The maximum absolute atomic E-state index is 12.9. The summed E-state index contributed by atoms with van der Waals surface area (Å²) in [4.78, 5) is 22.2. The molecule has 0 radical (unpaired) electrons. The van der Waals surface area contributed by atoms with Gasteiger partial charge in [-0.15, -0.1) is 0 Å². The van der Waals surface area contributed by atoms with Crippen molar-refractivity contribution in [3.8, 4) is 11.3 Å². The van der Waals surface area contributed by atoms with E-state index in [4.69, 9.17) is 10.2 Å². The minimum absolute atomic E-state index is 0.228. The minimum atomic E-state index is -4.38. The Morgan fingerprint density at radius 2 is 1.92 bits per heavy atom. The van der Waals surface area contributed by atoms with Crippen LogP contribution in [0.5, 0.6) is 0 Å². The third-order valence-electron chi connectivity index (χ3n) is 7.71. The van der Waals surface area contributed by atoms with Gasteiger partial charge < -0.3 is 20.4 Å². The second kappa shape index (κ2) is 11.0. The Balaban J connectivity index is 1.22. The standard InChI is InChI=1S/C28H32F3N5O2/c29-28(30,31)22-10-11-25(33-15-22)36-12-4-5-18(17-36)13-19-6-1-2-9-23(19)35-27-34-16-24(38-27)20-7-3-8-21(14-20)26(32)37/h3,7-8,10-11,14-16,18-19,23H,1-2,4-6,9,12-13,17H2,(H2,32,37)(H,34,35)/t18-,19+,23-/m1/s1. The van der Waals surface area contributed by atoms with Crippen LogP contribution in [0.3, 0.4) is 0 Å². The van der Waals surface area contributed by atoms with E-state index >= 15 is 0 Å². The Hall–Kier alpha value is -3.56. The van der Waals surface area contributed by atoms with Gasteiger partial charge in [-0.3, -0.25) is 4.79 Å². The highest BCUT2D eigenvalue weighted by Gasteiger charge is 2.33. The summed E-state index contributed by atoms with van der Waals surface area (Å²) >= 11 is 0. The first-order valence-corrected chi connectivity index (χ1v) is 13.2. The Bertz CT molecular complexity index is 1240. The first-order chi connectivity index (χ1) is 18.3. The van der Waals surface area contributed by atoms with Gasteiger partial charge in [-0.2, -0.15) is 13.2 Å². The van der Waals surface area contributed by atoms with Crippen molar-refractivity contribution >= 4 is 17.7 Å². The fourth-order valence-corrected chi connectivity index (χ4v) is 5.77. The van der Waals surface area contributed by atoms with Crippen molar-refractivity contribution < 1.29 is 22.4 Å². The zero-order valence-electron chi connectivity index (χ0n) is 21.1. The molecule has 202 valence electrons. The SMILES string of the molecule is NC(=O)c1cccc(-c2cnc(N[C@@H]3CCCC[C@H]3C[C@H]3CCCN(c4ccc(C(F)(F)F)cn4)C3)o2)c1. The van der Waals surface area contributed by atoms with Crippen LogP contribution in [-0.4, -0.2) is 35.0 Å². The van der Waals surface area contributed by atoms with E-state index in [2.05, 4.69) is 20.2 Å². The Morgan fingerprint density at radius 1 is 1.08 bits per heavy atom. The van der Waals surface area contributed by atoms with Crippen LogP contribution in [0.15, 0.2) is 53.2 Å². The van der Waals surface area contributed by atoms with Crippen LogP contribution in [0, 0.1) is 11.8 Å². The number of amides is 1. The molecule has 3 aromatic rings. The zero-order chi connectivity index (χ0) is 26.7. The molecule has 5 rings (SSSR count). The summed E-state index contributed by atoms with van der Waals surface area (Å²) in [5, 5.41) is 3.51. The van der Waals surface area contributed by atoms with E-state index in [-0.39, 0.29) is 6.04 Å². The molecule has 1 aromatic carbocycles. The van der Waals surface area contributed by atoms with Gasteiger partial charge in [0.2, 0.25) is 5.91 Å². The number of alkyl halides is 3. The van der Waals surface area contributed by atoms with Crippen LogP contribution in [0.2, 0.25) is 0 Å². The third kappa shape index (κ3) is 6.11. The summed E-state index contributed by atoms with van der Waals surface area (Å²) in [5.74, 6) is 1.56. The molecule has 2 fully saturated rings. The average Bonchev–Trinajstić information content (AvgIpc) is 3.38. The summed E-state index contributed by atoms with van der Waals surface area (Å²) in [5.41, 5.74) is 5.83. The average molecular weight is 528 g/mol. The first kappa shape index (κ1) is 26.1. The summed E-state index contributed by atoms with van der Waals surface area (Å²) in [7, 11) is 0. The number of nitrogens with two attached hydrogens (primary N) is 1. The van der Waals surface area contributed by atoms with Crippen molar-refractivity contribution in [2.24, 2.45) is 17.6 Å². The second-order valence-electron chi connectivity index (χ2n) is 10.4. The molecule has 2 aliphatic rings. The summed E-state index contributed by atoms with van der Waals surface area (Å²) in [6.45, 7) is 1.60. The van der Waals surface area contributed by atoms with Crippen LogP contribution < -0.4 is 16.0 Å². The first-order valence-electron chi connectivity index (χ1n) is 13.2. The highest BCUT2D eigenvalue weighted by Crippen LogP contribution is 2.36. The number of oxazole rings is 1. The molecule has 7 nitrogen and oxygen atoms in total. The normalized spacial score (nSPS) is 22.3. The number of halogens is 3. The summed E-state index contributed by atoms with van der Waals surface area (Å²) in [6, 6.07) is 10.2. The largest absolute Gasteiger partial charge is 0.424 e. The molecule has 1 aliphatic carbocycles. The molecular weight excluding hydrogens is 495 g/mol. The quantitative estimate of drug-likeness (QED) is 0.384. The van der Waals surface area contributed by atoms with E-state index in [1.807, 2.05) is 6.07 Å². The summed E-state index contributed by atoms with van der Waals surface area (Å²) in [6.07, 6.45) is 5.76. The number of nitrogens with one attached hydrogen (secondary N) is 1. The Morgan fingerprint density at radius 3 is 2.68 bits per heavy atom. The molecule has 2 aromatic heterocycles. The Kier molecular flexibility index (Phi) is 7.58. The molecular formula is C28H32F3N5O2. The fourth-order valence-electron chi connectivity index (χ4n) is 5.77. The van der Waals surface area contributed by atoms with E-state index in [9.17, 15) is 18.0 Å². The number of benzene rings is 1. The van der Waals surface area contributed by atoms with Crippen LogP contribution in [0.1, 0.15) is 60.9 Å². The smallest absolute Gasteiger partial charge is 0.417 e. The molecule has 3 N–H and O–H groups in total. The number of hydrogen-bond donors (Lipinski definition) is 2. The molecule has 3 atom stereocenters. The van der Waals surface area contributed by atoms with Gasteiger partial charge in [-0.1, -0.05) is 25.0 Å². The zero-order valence-corrected chi connectivity index (χ0v) is 21.1. The van der Waals surface area contributed by atoms with E-state index in [0.29, 0.717) is 35.0 Å². The number of rotatable bonds is 7. The van der Waals surface area contributed by atoms with Crippen molar-refractivity contribution in [2.45, 2.75) is 57.2 Å². The lowest BCUT2D eigenvalue weighted by Gasteiger charge is -2.38. The number of carbonyl (C=O) groups excluding carboxylic acids is 1. The molecule has 0 spiro atoms. The maximum Gasteiger partial charge on any atom is 0.417 e. The van der Waals surface area contributed by atoms with E-state index in [1.165, 1.54) is 12.5 Å². The monoisotopic (exact) mass is 527 g/mol. The number of carbonyl (C=O) groups is 1. The van der Waals surface area contributed by atoms with Gasteiger partial charge in [0.1, 0.15) is 5.82 Å². The highest BCUT2D eigenvalue weighted by molar-refractivity contribution is 5.93. The van der Waals surface area contributed by atoms with Crippen LogP contribution in [-0.2, 0) is 6.18 Å². The molecule has 1 saturated heterocycles. The number of hydrogen-bond acceptors (Lipinski definition) is 6. The predicted molar refractivity (Wildman–Crippen MR) is 139 cm³/mol. The van der Waals surface area contributed by atoms with Gasteiger partial charge in [-0.25, -0.2) is 9.97 Å². The van der Waals surface area contributed by atoms with Gasteiger partial charge >= 0.3 is 6.18 Å². The minimum Gasteiger partial charge on any atom is -0.424 e. The van der Waals surface area contributed by atoms with Crippen LogP contribution >= 0.6 is 0 Å². The van der Waals surface area contributed by atoms with E-state index in [1.54, 1.807) is 24.4 Å². The molecule has 38 heavy (non-hydrogen) atoms. The van der Waals surface area contributed by atoms with Gasteiger partial charge in [0.05, 0.1) is 11.8 Å². The fraction of sp³-hybridized carbons (Fsp3) is 0.464. The van der Waals surface area contributed by atoms with E-state index < -0.39 is 17.6 Å². The van der Waals surface area contributed by atoms with Crippen molar-refractivity contribution in [2.75, 3.05) is 23.3 Å². The lowest BCUT2D eigenvalue weighted by Crippen LogP contribution is -2.39. The van der Waals surface area contributed by atoms with Crippen LogP contribution in [0.4, 0.5) is 25.0 Å². The van der Waals surface area contributed by atoms with Crippen LogP contribution in [0.25, 0.3) is 11.3 Å². The van der Waals surface area contributed by atoms with Crippen molar-refractivity contribution in [3.05, 3.63) is 59.9 Å². The topological polar surface area (TPSA) is 97.3 Å². The lowest BCUT2D eigenvalue weighted by molar-refractivity contribution is -0.137. The van der Waals surface area contributed by atoms with Crippen molar-refractivity contribution in [1.82, 2.24) is 9.97 Å². The lowest BCUT2D eigenvalue weighted by atomic mass is 9.77. The number of primary amides is 1. The van der Waals surface area contributed by atoms with Gasteiger partial charge in [0.25, 0.3) is 6.01 Å². The third-order valence-corrected chi connectivity index (χ3v) is 7.71. The van der Waals surface area contributed by atoms with Gasteiger partial charge in [-0.05, 0) is 68.2 Å². The molecule has 1 amide bonds.